The summed E-state index contributed by atoms with van der Waals surface area (Å²) in [4.78, 5) is 23.4. The van der Waals surface area contributed by atoms with Crippen LogP contribution in [0.4, 0.5) is 5.69 Å². The van der Waals surface area contributed by atoms with E-state index in [1.807, 2.05) is 13.0 Å². The van der Waals surface area contributed by atoms with Crippen LogP contribution in [0.15, 0.2) is 57.7 Å². The van der Waals surface area contributed by atoms with E-state index in [-0.39, 0.29) is 12.5 Å². The van der Waals surface area contributed by atoms with E-state index in [0.717, 1.165) is 10.9 Å². The predicted octanol–water partition coefficient (Wildman–Crippen LogP) is 2.99. The molecule has 0 fully saturated rings. The van der Waals surface area contributed by atoms with Crippen molar-refractivity contribution < 1.29 is 13.9 Å². The predicted molar refractivity (Wildman–Crippen MR) is 92.5 cm³/mol. The zero-order valence-electron chi connectivity index (χ0n) is 13.4. The Morgan fingerprint density at radius 1 is 1.20 bits per heavy atom. The second-order valence-electron chi connectivity index (χ2n) is 5.43. The summed E-state index contributed by atoms with van der Waals surface area (Å²) in [5.74, 6) is 0.0896. The van der Waals surface area contributed by atoms with E-state index >= 15 is 0 Å². The molecule has 0 saturated heterocycles. The number of amides is 1. The highest BCUT2D eigenvalue weighted by atomic mass is 16.5. The fraction of sp³-hybridized carbons (Fsp3) is 0.105. The Morgan fingerprint density at radius 2 is 1.96 bits per heavy atom. The Labute approximate surface area is 143 Å². The molecule has 0 aliphatic rings. The SMILES string of the molecule is Cc1cc(=O)oc2cc(OCC(=O)Nc3ccc(C#N)cc3)ccc12. The molecule has 1 amide bonds. The third-order valence-electron chi connectivity index (χ3n) is 3.59. The van der Waals surface area contributed by atoms with E-state index in [1.165, 1.54) is 6.07 Å². The zero-order valence-corrected chi connectivity index (χ0v) is 13.4. The number of hydrogen-bond acceptors (Lipinski definition) is 5. The number of nitrogens with zero attached hydrogens (tertiary/aromatic N) is 1. The minimum atomic E-state index is -0.430. The average Bonchev–Trinajstić information content (AvgIpc) is 2.60. The van der Waals surface area contributed by atoms with Crippen LogP contribution in [-0.2, 0) is 4.79 Å². The molecule has 0 aliphatic heterocycles. The highest BCUT2D eigenvalue weighted by Gasteiger charge is 2.07. The summed E-state index contributed by atoms with van der Waals surface area (Å²) in [7, 11) is 0. The third-order valence-corrected chi connectivity index (χ3v) is 3.59. The van der Waals surface area contributed by atoms with Crippen molar-refractivity contribution in [3.05, 3.63) is 70.1 Å². The van der Waals surface area contributed by atoms with Gasteiger partial charge in [0, 0.05) is 23.2 Å². The maximum Gasteiger partial charge on any atom is 0.336 e. The van der Waals surface area contributed by atoms with Gasteiger partial charge in [-0.05, 0) is 48.9 Å². The molecule has 0 spiro atoms. The first-order valence-corrected chi connectivity index (χ1v) is 7.52. The number of nitriles is 1. The lowest BCUT2D eigenvalue weighted by atomic mass is 10.1. The molecule has 0 saturated carbocycles. The van der Waals surface area contributed by atoms with Gasteiger partial charge in [-0.1, -0.05) is 0 Å². The van der Waals surface area contributed by atoms with Gasteiger partial charge >= 0.3 is 5.63 Å². The molecule has 1 heterocycles. The number of hydrogen-bond donors (Lipinski definition) is 1. The summed E-state index contributed by atoms with van der Waals surface area (Å²) in [5, 5.41) is 12.2. The molecule has 0 atom stereocenters. The summed E-state index contributed by atoms with van der Waals surface area (Å²) in [6.07, 6.45) is 0. The number of carbonyl (C=O) groups is 1. The van der Waals surface area contributed by atoms with Gasteiger partial charge in [-0.2, -0.15) is 5.26 Å². The van der Waals surface area contributed by atoms with Crippen LogP contribution in [-0.4, -0.2) is 12.5 Å². The molecule has 0 unspecified atom stereocenters. The number of benzene rings is 2. The van der Waals surface area contributed by atoms with Crippen LogP contribution in [0.1, 0.15) is 11.1 Å². The molecular formula is C19H14N2O4. The molecule has 3 aromatic rings. The monoisotopic (exact) mass is 334 g/mol. The number of fused-ring (bicyclic) bond motifs is 1. The van der Waals surface area contributed by atoms with Gasteiger partial charge in [0.05, 0.1) is 11.6 Å². The molecule has 0 bridgehead atoms. The van der Waals surface area contributed by atoms with Crippen molar-refractivity contribution in [2.45, 2.75) is 6.92 Å². The number of nitrogens with one attached hydrogen (secondary N) is 1. The maximum absolute atomic E-state index is 11.9. The molecule has 6 heteroatoms. The fourth-order valence-corrected chi connectivity index (χ4v) is 2.37. The van der Waals surface area contributed by atoms with Gasteiger partial charge in [-0.25, -0.2) is 4.79 Å². The van der Waals surface area contributed by atoms with Crippen LogP contribution < -0.4 is 15.7 Å². The first kappa shape index (κ1) is 16.3. The Balaban J connectivity index is 1.66. The van der Waals surface area contributed by atoms with Crippen molar-refractivity contribution in [1.29, 1.82) is 5.26 Å². The van der Waals surface area contributed by atoms with Crippen LogP contribution in [0.25, 0.3) is 11.0 Å². The molecule has 2 aromatic carbocycles. The second-order valence-corrected chi connectivity index (χ2v) is 5.43. The van der Waals surface area contributed by atoms with Crippen LogP contribution in [0.5, 0.6) is 5.75 Å². The third kappa shape index (κ3) is 3.85. The Hall–Kier alpha value is -3.59. The first-order valence-electron chi connectivity index (χ1n) is 7.52. The highest BCUT2D eigenvalue weighted by Crippen LogP contribution is 2.22. The molecule has 124 valence electrons. The van der Waals surface area contributed by atoms with Gasteiger partial charge < -0.3 is 14.5 Å². The average molecular weight is 334 g/mol. The van der Waals surface area contributed by atoms with Crippen molar-refractivity contribution in [2.75, 3.05) is 11.9 Å². The van der Waals surface area contributed by atoms with Gasteiger partial charge in [-0.3, -0.25) is 4.79 Å². The Kier molecular flexibility index (Phi) is 4.48. The minimum absolute atomic E-state index is 0.193. The summed E-state index contributed by atoms with van der Waals surface area (Å²) in [6, 6.07) is 15.0. The van der Waals surface area contributed by atoms with Crippen LogP contribution in [0.3, 0.4) is 0 Å². The lowest BCUT2D eigenvalue weighted by Crippen LogP contribution is -2.20. The quantitative estimate of drug-likeness (QED) is 0.741. The lowest BCUT2D eigenvalue weighted by Gasteiger charge is -2.08. The van der Waals surface area contributed by atoms with E-state index in [9.17, 15) is 9.59 Å². The van der Waals surface area contributed by atoms with E-state index in [4.69, 9.17) is 14.4 Å². The summed E-state index contributed by atoms with van der Waals surface area (Å²) < 4.78 is 10.6. The smallest absolute Gasteiger partial charge is 0.336 e. The zero-order chi connectivity index (χ0) is 17.8. The molecule has 3 rings (SSSR count). The highest BCUT2D eigenvalue weighted by molar-refractivity contribution is 5.92. The van der Waals surface area contributed by atoms with E-state index in [1.54, 1.807) is 42.5 Å². The number of anilines is 1. The normalized spacial score (nSPS) is 10.2. The Bertz CT molecular complexity index is 1030. The number of rotatable bonds is 4. The first-order chi connectivity index (χ1) is 12.0. The molecule has 0 aliphatic carbocycles. The van der Waals surface area contributed by atoms with Crippen molar-refractivity contribution >= 4 is 22.6 Å². The number of carbonyl (C=O) groups excluding carboxylic acids is 1. The summed E-state index contributed by atoms with van der Waals surface area (Å²) >= 11 is 0. The number of ether oxygens (including phenoxy) is 1. The molecular weight excluding hydrogens is 320 g/mol. The molecule has 25 heavy (non-hydrogen) atoms. The van der Waals surface area contributed by atoms with Crippen LogP contribution in [0.2, 0.25) is 0 Å². The standard InChI is InChI=1S/C19H14N2O4/c1-12-8-19(23)25-17-9-15(6-7-16(12)17)24-11-18(22)21-14-4-2-13(10-20)3-5-14/h2-9H,11H2,1H3,(H,21,22). The van der Waals surface area contributed by atoms with E-state index in [0.29, 0.717) is 22.6 Å². The van der Waals surface area contributed by atoms with Gasteiger partial charge in [-0.15, -0.1) is 0 Å². The fourth-order valence-electron chi connectivity index (χ4n) is 2.37. The van der Waals surface area contributed by atoms with Gasteiger partial charge in [0.1, 0.15) is 11.3 Å². The molecule has 0 radical (unpaired) electrons. The number of aryl methyl sites for hydroxylation is 1. The topological polar surface area (TPSA) is 92.3 Å². The largest absolute Gasteiger partial charge is 0.484 e. The van der Waals surface area contributed by atoms with Gasteiger partial charge in [0.2, 0.25) is 0 Å². The van der Waals surface area contributed by atoms with Crippen LogP contribution >= 0.6 is 0 Å². The van der Waals surface area contributed by atoms with Crippen LogP contribution in [0, 0.1) is 18.3 Å². The van der Waals surface area contributed by atoms with Crippen molar-refractivity contribution in [3.63, 3.8) is 0 Å². The van der Waals surface area contributed by atoms with E-state index < -0.39 is 5.63 Å². The van der Waals surface area contributed by atoms with Gasteiger partial charge in [0.15, 0.2) is 6.61 Å². The van der Waals surface area contributed by atoms with E-state index in [2.05, 4.69) is 5.32 Å². The maximum atomic E-state index is 11.9. The van der Waals surface area contributed by atoms with Crippen molar-refractivity contribution in [3.8, 4) is 11.8 Å². The lowest BCUT2D eigenvalue weighted by molar-refractivity contribution is -0.118. The summed E-state index contributed by atoms with van der Waals surface area (Å²) in [5.41, 5.74) is 1.89. The second kappa shape index (κ2) is 6.89. The molecule has 1 N–H and O–H groups in total. The summed E-state index contributed by atoms with van der Waals surface area (Å²) in [6.45, 7) is 1.63. The van der Waals surface area contributed by atoms with Crippen molar-refractivity contribution in [2.24, 2.45) is 0 Å². The minimum Gasteiger partial charge on any atom is -0.484 e. The Morgan fingerprint density at radius 3 is 2.68 bits per heavy atom. The molecule has 1 aromatic heterocycles. The van der Waals surface area contributed by atoms with Crippen molar-refractivity contribution in [1.82, 2.24) is 0 Å². The molecule has 6 nitrogen and oxygen atoms in total. The van der Waals surface area contributed by atoms with Gasteiger partial charge in [0.25, 0.3) is 5.91 Å².